The summed E-state index contributed by atoms with van der Waals surface area (Å²) in [4.78, 5) is 14.8. The standard InChI is InChI=1S/C16H24N2O3S2/c1-4-17(12-13(2)3)16(19)15-14(8-11-22-15)23(20,21)18-9-6-5-7-10-18/h8,11H,2,4-7,9-10,12H2,1,3H3. The van der Waals surface area contributed by atoms with E-state index in [1.165, 1.54) is 15.6 Å². The molecule has 0 N–H and O–H groups in total. The van der Waals surface area contributed by atoms with Crippen molar-refractivity contribution in [2.24, 2.45) is 0 Å². The van der Waals surface area contributed by atoms with Gasteiger partial charge in [0.05, 0.1) is 0 Å². The summed E-state index contributed by atoms with van der Waals surface area (Å²) in [5.74, 6) is -0.235. The normalized spacial score (nSPS) is 16.3. The number of hydrogen-bond donors (Lipinski definition) is 0. The summed E-state index contributed by atoms with van der Waals surface area (Å²) in [7, 11) is -3.59. The van der Waals surface area contributed by atoms with Crippen LogP contribution in [0.2, 0.25) is 0 Å². The van der Waals surface area contributed by atoms with Gasteiger partial charge in [0.25, 0.3) is 5.91 Å². The molecule has 2 heterocycles. The largest absolute Gasteiger partial charge is 0.334 e. The Morgan fingerprint density at radius 2 is 2.00 bits per heavy atom. The summed E-state index contributed by atoms with van der Waals surface area (Å²) < 4.78 is 27.2. The van der Waals surface area contributed by atoms with Gasteiger partial charge in [-0.1, -0.05) is 18.6 Å². The Kier molecular flexibility index (Phi) is 6.00. The van der Waals surface area contributed by atoms with Crippen molar-refractivity contribution >= 4 is 27.3 Å². The molecule has 1 aliphatic rings. The molecule has 0 aliphatic carbocycles. The lowest BCUT2D eigenvalue weighted by atomic mass is 10.2. The third kappa shape index (κ3) is 4.02. The minimum Gasteiger partial charge on any atom is -0.334 e. The molecule has 1 aromatic heterocycles. The predicted molar refractivity (Wildman–Crippen MR) is 93.3 cm³/mol. The smallest absolute Gasteiger partial charge is 0.265 e. The lowest BCUT2D eigenvalue weighted by Crippen LogP contribution is -2.37. The second-order valence-electron chi connectivity index (χ2n) is 5.86. The summed E-state index contributed by atoms with van der Waals surface area (Å²) >= 11 is 1.19. The highest BCUT2D eigenvalue weighted by Gasteiger charge is 2.32. The van der Waals surface area contributed by atoms with Crippen LogP contribution in [-0.2, 0) is 10.0 Å². The van der Waals surface area contributed by atoms with E-state index in [9.17, 15) is 13.2 Å². The molecule has 0 aromatic carbocycles. The van der Waals surface area contributed by atoms with E-state index in [1.807, 2.05) is 13.8 Å². The van der Waals surface area contributed by atoms with Crippen molar-refractivity contribution in [2.75, 3.05) is 26.2 Å². The maximum atomic E-state index is 12.9. The van der Waals surface area contributed by atoms with Crippen LogP contribution in [0.4, 0.5) is 0 Å². The highest BCUT2D eigenvalue weighted by atomic mass is 32.2. The topological polar surface area (TPSA) is 57.7 Å². The van der Waals surface area contributed by atoms with Gasteiger partial charge in [-0.05, 0) is 38.1 Å². The molecular formula is C16H24N2O3S2. The average molecular weight is 357 g/mol. The number of likely N-dealkylation sites (N-methyl/N-ethyl adjacent to an activating group) is 1. The van der Waals surface area contributed by atoms with Gasteiger partial charge in [0.2, 0.25) is 10.0 Å². The van der Waals surface area contributed by atoms with Crippen LogP contribution in [0.15, 0.2) is 28.5 Å². The van der Waals surface area contributed by atoms with Crippen LogP contribution in [0.5, 0.6) is 0 Å². The third-order valence-electron chi connectivity index (χ3n) is 3.89. The lowest BCUT2D eigenvalue weighted by molar-refractivity contribution is 0.0779. The summed E-state index contributed by atoms with van der Waals surface area (Å²) in [5.41, 5.74) is 0.872. The van der Waals surface area contributed by atoms with Crippen molar-refractivity contribution in [3.63, 3.8) is 0 Å². The second-order valence-corrected chi connectivity index (χ2v) is 8.68. The molecule has 0 unspecified atom stereocenters. The molecule has 1 aliphatic heterocycles. The Morgan fingerprint density at radius 1 is 1.35 bits per heavy atom. The first kappa shape index (κ1) is 18.2. The maximum Gasteiger partial charge on any atom is 0.265 e. The Hall–Kier alpha value is -1.18. The molecule has 0 saturated carbocycles. The molecule has 1 aromatic rings. The summed E-state index contributed by atoms with van der Waals surface area (Å²) in [5, 5.41) is 1.68. The highest BCUT2D eigenvalue weighted by molar-refractivity contribution is 7.89. The van der Waals surface area contributed by atoms with E-state index in [0.717, 1.165) is 24.8 Å². The van der Waals surface area contributed by atoms with E-state index in [-0.39, 0.29) is 10.8 Å². The highest BCUT2D eigenvalue weighted by Crippen LogP contribution is 2.28. The molecule has 1 saturated heterocycles. The first-order valence-electron chi connectivity index (χ1n) is 7.89. The molecule has 0 bridgehead atoms. The minimum absolute atomic E-state index is 0.148. The number of carbonyl (C=O) groups excluding carboxylic acids is 1. The van der Waals surface area contributed by atoms with Gasteiger partial charge in [-0.2, -0.15) is 4.31 Å². The van der Waals surface area contributed by atoms with Gasteiger partial charge in [0.15, 0.2) is 0 Å². The molecule has 1 fully saturated rings. The Balaban J connectivity index is 2.31. The van der Waals surface area contributed by atoms with Crippen molar-refractivity contribution in [3.05, 3.63) is 28.5 Å². The van der Waals surface area contributed by atoms with Gasteiger partial charge in [-0.15, -0.1) is 11.3 Å². The van der Waals surface area contributed by atoms with E-state index in [0.29, 0.717) is 31.1 Å². The summed E-state index contributed by atoms with van der Waals surface area (Å²) in [6.07, 6.45) is 2.82. The van der Waals surface area contributed by atoms with E-state index < -0.39 is 10.0 Å². The molecule has 0 atom stereocenters. The third-order valence-corrected chi connectivity index (χ3v) is 6.86. The molecule has 128 valence electrons. The summed E-state index contributed by atoms with van der Waals surface area (Å²) in [6.45, 7) is 9.61. The second kappa shape index (κ2) is 7.59. The van der Waals surface area contributed by atoms with Crippen LogP contribution in [0, 0.1) is 0 Å². The van der Waals surface area contributed by atoms with E-state index in [1.54, 1.807) is 16.3 Å². The number of amides is 1. The Labute approximate surface area is 142 Å². The fourth-order valence-electron chi connectivity index (χ4n) is 2.70. The SMILES string of the molecule is C=C(C)CN(CC)C(=O)c1sccc1S(=O)(=O)N1CCCCC1. The van der Waals surface area contributed by atoms with Gasteiger partial charge in [0, 0.05) is 26.2 Å². The molecular weight excluding hydrogens is 332 g/mol. The van der Waals surface area contributed by atoms with Crippen LogP contribution < -0.4 is 0 Å². The zero-order valence-electron chi connectivity index (χ0n) is 13.7. The van der Waals surface area contributed by atoms with Gasteiger partial charge in [-0.25, -0.2) is 8.42 Å². The van der Waals surface area contributed by atoms with Crippen LogP contribution in [0.25, 0.3) is 0 Å². The van der Waals surface area contributed by atoms with Gasteiger partial charge in [0.1, 0.15) is 9.77 Å². The average Bonchev–Trinajstić information content (AvgIpc) is 3.03. The van der Waals surface area contributed by atoms with Crippen LogP contribution in [0.3, 0.4) is 0 Å². The number of thiophene rings is 1. The number of sulfonamides is 1. The van der Waals surface area contributed by atoms with Gasteiger partial charge >= 0.3 is 0 Å². The number of hydrogen-bond acceptors (Lipinski definition) is 4. The molecule has 1 amide bonds. The van der Waals surface area contributed by atoms with E-state index in [4.69, 9.17) is 0 Å². The first-order valence-corrected chi connectivity index (χ1v) is 10.2. The van der Waals surface area contributed by atoms with Crippen LogP contribution >= 0.6 is 11.3 Å². The molecule has 0 radical (unpaired) electrons. The lowest BCUT2D eigenvalue weighted by Gasteiger charge is -2.26. The Bertz CT molecular complexity index is 673. The quantitative estimate of drug-likeness (QED) is 0.736. The van der Waals surface area contributed by atoms with Crippen LogP contribution in [0.1, 0.15) is 42.8 Å². The molecule has 5 nitrogen and oxygen atoms in total. The first-order chi connectivity index (χ1) is 10.9. The van der Waals surface area contributed by atoms with Crippen molar-refractivity contribution in [2.45, 2.75) is 38.0 Å². The van der Waals surface area contributed by atoms with Crippen molar-refractivity contribution in [3.8, 4) is 0 Å². The fourth-order valence-corrected chi connectivity index (χ4v) is 5.58. The van der Waals surface area contributed by atoms with Gasteiger partial charge in [-0.3, -0.25) is 4.79 Å². The summed E-state index contributed by atoms with van der Waals surface area (Å²) in [6, 6.07) is 1.55. The minimum atomic E-state index is -3.59. The molecule has 2 rings (SSSR count). The fraction of sp³-hybridized carbons (Fsp3) is 0.562. The predicted octanol–water partition coefficient (Wildman–Crippen LogP) is 2.96. The van der Waals surface area contributed by atoms with Crippen molar-refractivity contribution in [1.29, 1.82) is 0 Å². The van der Waals surface area contributed by atoms with Crippen LogP contribution in [-0.4, -0.2) is 49.7 Å². The van der Waals surface area contributed by atoms with E-state index >= 15 is 0 Å². The number of nitrogens with zero attached hydrogens (tertiary/aromatic N) is 2. The number of rotatable bonds is 6. The number of piperidine rings is 1. The number of carbonyl (C=O) groups is 1. The molecule has 0 spiro atoms. The zero-order valence-corrected chi connectivity index (χ0v) is 15.4. The molecule has 23 heavy (non-hydrogen) atoms. The van der Waals surface area contributed by atoms with Crippen molar-refractivity contribution in [1.82, 2.24) is 9.21 Å². The monoisotopic (exact) mass is 356 g/mol. The van der Waals surface area contributed by atoms with Crippen molar-refractivity contribution < 1.29 is 13.2 Å². The van der Waals surface area contributed by atoms with E-state index in [2.05, 4.69) is 6.58 Å². The zero-order chi connectivity index (χ0) is 17.0. The Morgan fingerprint density at radius 3 is 2.57 bits per heavy atom. The van der Waals surface area contributed by atoms with Gasteiger partial charge < -0.3 is 4.90 Å². The maximum absolute atomic E-state index is 12.9. The molecule has 7 heteroatoms.